The highest BCUT2D eigenvalue weighted by molar-refractivity contribution is 5.89. The minimum atomic E-state index is -1.03. The van der Waals surface area contributed by atoms with Gasteiger partial charge in [0.05, 0.1) is 23.6 Å². The zero-order valence-corrected chi connectivity index (χ0v) is 16.2. The third-order valence-electron chi connectivity index (χ3n) is 4.36. The molecule has 0 aliphatic rings. The molecular weight excluding hydrogens is 354 g/mol. The van der Waals surface area contributed by atoms with Gasteiger partial charge in [-0.2, -0.15) is 0 Å². The van der Waals surface area contributed by atoms with Crippen LogP contribution in [0.5, 0.6) is 11.5 Å². The van der Waals surface area contributed by atoms with Gasteiger partial charge in [-0.3, -0.25) is 0 Å². The first-order valence-electron chi connectivity index (χ1n) is 9.15. The number of hydrogen-bond donors (Lipinski definition) is 1. The molecule has 0 bridgehead atoms. The van der Waals surface area contributed by atoms with Crippen LogP contribution in [-0.4, -0.2) is 22.7 Å². The van der Waals surface area contributed by atoms with Gasteiger partial charge in [-0.1, -0.05) is 29.8 Å². The van der Waals surface area contributed by atoms with Crippen LogP contribution in [0.15, 0.2) is 54.6 Å². The molecular formula is C23H23NO4. The molecule has 1 aromatic heterocycles. The van der Waals surface area contributed by atoms with Crippen LogP contribution < -0.4 is 9.47 Å². The van der Waals surface area contributed by atoms with E-state index in [0.717, 1.165) is 16.7 Å². The second-order valence-electron chi connectivity index (χ2n) is 6.48. The van der Waals surface area contributed by atoms with Gasteiger partial charge in [-0.25, -0.2) is 9.78 Å². The highest BCUT2D eigenvalue weighted by atomic mass is 16.5. The predicted molar refractivity (Wildman–Crippen MR) is 108 cm³/mol. The van der Waals surface area contributed by atoms with E-state index in [9.17, 15) is 9.90 Å². The Morgan fingerprint density at radius 2 is 1.79 bits per heavy atom. The molecule has 0 fully saturated rings. The highest BCUT2D eigenvalue weighted by Gasteiger charge is 2.16. The molecule has 0 aliphatic carbocycles. The smallest absolute Gasteiger partial charge is 0.337 e. The number of benzene rings is 2. The van der Waals surface area contributed by atoms with Crippen LogP contribution in [0.1, 0.15) is 34.1 Å². The average molecular weight is 377 g/mol. The van der Waals surface area contributed by atoms with Crippen molar-refractivity contribution in [1.29, 1.82) is 0 Å². The first-order valence-corrected chi connectivity index (χ1v) is 9.15. The molecule has 3 rings (SSSR count). The molecule has 1 N–H and O–H groups in total. The van der Waals surface area contributed by atoms with Crippen LogP contribution in [0.2, 0.25) is 0 Å². The maximum Gasteiger partial charge on any atom is 0.337 e. The summed E-state index contributed by atoms with van der Waals surface area (Å²) in [5, 5.41) is 9.53. The van der Waals surface area contributed by atoms with Crippen LogP contribution >= 0.6 is 0 Å². The number of carboxylic acid groups (broad SMARTS) is 1. The Hall–Kier alpha value is -3.34. The largest absolute Gasteiger partial charge is 0.493 e. The van der Waals surface area contributed by atoms with Gasteiger partial charge in [0, 0.05) is 5.56 Å². The summed E-state index contributed by atoms with van der Waals surface area (Å²) in [6.07, 6.45) is 0. The van der Waals surface area contributed by atoms with Gasteiger partial charge in [0.25, 0.3) is 0 Å². The SMILES string of the molecule is CCOc1ccccc1-c1ccc(C(=O)O)c(COc2ccc(C)cc2C)n1. The fourth-order valence-corrected chi connectivity index (χ4v) is 3.02. The van der Waals surface area contributed by atoms with Crippen molar-refractivity contribution in [3.05, 3.63) is 77.0 Å². The van der Waals surface area contributed by atoms with Gasteiger partial charge in [0.15, 0.2) is 0 Å². The normalized spacial score (nSPS) is 10.5. The number of carboxylic acids is 1. The number of ether oxygens (including phenoxy) is 2. The second-order valence-corrected chi connectivity index (χ2v) is 6.48. The van der Waals surface area contributed by atoms with Crippen molar-refractivity contribution in [3.8, 4) is 22.8 Å². The molecule has 3 aromatic rings. The number of nitrogens with zero attached hydrogens (tertiary/aromatic N) is 1. The number of aromatic carboxylic acids is 1. The molecule has 2 aromatic carbocycles. The zero-order chi connectivity index (χ0) is 20.1. The summed E-state index contributed by atoms with van der Waals surface area (Å²) >= 11 is 0. The fourth-order valence-electron chi connectivity index (χ4n) is 3.02. The second kappa shape index (κ2) is 8.57. The van der Waals surface area contributed by atoms with Gasteiger partial charge < -0.3 is 14.6 Å². The van der Waals surface area contributed by atoms with Gasteiger partial charge in [0.1, 0.15) is 18.1 Å². The quantitative estimate of drug-likeness (QED) is 0.625. The maximum atomic E-state index is 11.6. The molecule has 144 valence electrons. The average Bonchev–Trinajstić information content (AvgIpc) is 2.68. The summed E-state index contributed by atoms with van der Waals surface area (Å²) in [6, 6.07) is 16.7. The monoisotopic (exact) mass is 377 g/mol. The standard InChI is InChI=1S/C23H23NO4/c1-4-27-22-8-6-5-7-17(22)19-11-10-18(23(25)26)20(24-19)14-28-21-12-9-15(2)13-16(21)3/h5-13H,4,14H2,1-3H3,(H,25,26). The lowest BCUT2D eigenvalue weighted by Crippen LogP contribution is -2.09. The van der Waals surface area contributed by atoms with Crippen molar-refractivity contribution in [2.45, 2.75) is 27.4 Å². The molecule has 0 atom stereocenters. The van der Waals surface area contributed by atoms with Crippen molar-refractivity contribution in [2.75, 3.05) is 6.61 Å². The minimum Gasteiger partial charge on any atom is -0.493 e. The zero-order valence-electron chi connectivity index (χ0n) is 16.2. The number of rotatable bonds is 7. The van der Waals surface area contributed by atoms with Crippen LogP contribution in [0.3, 0.4) is 0 Å². The van der Waals surface area contributed by atoms with Gasteiger partial charge in [-0.15, -0.1) is 0 Å². The Balaban J connectivity index is 1.95. The van der Waals surface area contributed by atoms with Gasteiger partial charge >= 0.3 is 5.97 Å². The van der Waals surface area contributed by atoms with Crippen molar-refractivity contribution >= 4 is 5.97 Å². The fraction of sp³-hybridized carbons (Fsp3) is 0.217. The molecule has 5 nitrogen and oxygen atoms in total. The third-order valence-corrected chi connectivity index (χ3v) is 4.36. The lowest BCUT2D eigenvalue weighted by Gasteiger charge is -2.14. The van der Waals surface area contributed by atoms with E-state index >= 15 is 0 Å². The number of aryl methyl sites for hydroxylation is 2. The summed E-state index contributed by atoms with van der Waals surface area (Å²) in [4.78, 5) is 16.2. The predicted octanol–water partition coefficient (Wildman–Crippen LogP) is 5.04. The Bertz CT molecular complexity index is 998. The number of carbonyl (C=O) groups is 1. The van der Waals surface area contributed by atoms with Gasteiger partial charge in [-0.05, 0) is 56.7 Å². The van der Waals surface area contributed by atoms with Gasteiger partial charge in [0.2, 0.25) is 0 Å². The molecule has 5 heteroatoms. The molecule has 0 amide bonds. The summed E-state index contributed by atoms with van der Waals surface area (Å²) in [7, 11) is 0. The topological polar surface area (TPSA) is 68.7 Å². The lowest BCUT2D eigenvalue weighted by atomic mass is 10.1. The molecule has 0 radical (unpaired) electrons. The number of pyridine rings is 1. The summed E-state index contributed by atoms with van der Waals surface area (Å²) < 4.78 is 11.6. The van der Waals surface area contributed by atoms with Crippen molar-refractivity contribution in [3.63, 3.8) is 0 Å². The number of aromatic nitrogens is 1. The van der Waals surface area contributed by atoms with E-state index < -0.39 is 5.97 Å². The Kier molecular flexibility index (Phi) is 5.94. The first-order chi connectivity index (χ1) is 13.5. The Morgan fingerprint density at radius 3 is 2.50 bits per heavy atom. The summed E-state index contributed by atoms with van der Waals surface area (Å²) in [5.41, 5.74) is 4.10. The summed E-state index contributed by atoms with van der Waals surface area (Å²) in [6.45, 7) is 6.49. The van der Waals surface area contributed by atoms with E-state index in [2.05, 4.69) is 4.98 Å². The van der Waals surface area contributed by atoms with Crippen LogP contribution in [0, 0.1) is 13.8 Å². The molecule has 0 saturated heterocycles. The van der Waals surface area contributed by atoms with E-state index in [4.69, 9.17) is 9.47 Å². The van der Waals surface area contributed by atoms with Crippen LogP contribution in [0.25, 0.3) is 11.3 Å². The molecule has 28 heavy (non-hydrogen) atoms. The Morgan fingerprint density at radius 1 is 1.00 bits per heavy atom. The van der Waals surface area contributed by atoms with Crippen LogP contribution in [0.4, 0.5) is 0 Å². The number of hydrogen-bond acceptors (Lipinski definition) is 4. The molecule has 0 saturated carbocycles. The maximum absolute atomic E-state index is 11.6. The third kappa shape index (κ3) is 4.31. The van der Waals surface area contributed by atoms with E-state index in [0.29, 0.717) is 29.5 Å². The Labute approximate surface area is 164 Å². The minimum absolute atomic E-state index is 0.0657. The first kappa shape index (κ1) is 19.4. The number of para-hydroxylation sites is 1. The molecule has 0 unspecified atom stereocenters. The summed E-state index contributed by atoms with van der Waals surface area (Å²) in [5.74, 6) is 0.391. The van der Waals surface area contributed by atoms with E-state index in [1.54, 1.807) is 12.1 Å². The van der Waals surface area contributed by atoms with Crippen LogP contribution in [-0.2, 0) is 6.61 Å². The highest BCUT2D eigenvalue weighted by Crippen LogP contribution is 2.29. The molecule has 0 aliphatic heterocycles. The van der Waals surface area contributed by atoms with Crippen molar-refractivity contribution in [1.82, 2.24) is 4.98 Å². The van der Waals surface area contributed by atoms with Crippen molar-refractivity contribution in [2.24, 2.45) is 0 Å². The van der Waals surface area contributed by atoms with E-state index in [-0.39, 0.29) is 12.2 Å². The van der Waals surface area contributed by atoms with E-state index in [1.165, 1.54) is 0 Å². The molecule has 0 spiro atoms. The molecule has 1 heterocycles. The lowest BCUT2D eigenvalue weighted by molar-refractivity contribution is 0.0693. The van der Waals surface area contributed by atoms with Crippen molar-refractivity contribution < 1.29 is 19.4 Å². The van der Waals surface area contributed by atoms with E-state index in [1.807, 2.05) is 63.2 Å².